The van der Waals surface area contributed by atoms with Gasteiger partial charge in [-0.2, -0.15) is 0 Å². The van der Waals surface area contributed by atoms with Crippen molar-refractivity contribution in [2.75, 3.05) is 5.32 Å². The van der Waals surface area contributed by atoms with Crippen LogP contribution in [0.5, 0.6) is 0 Å². The lowest BCUT2D eigenvalue weighted by atomic mass is 10.2. The Morgan fingerprint density at radius 1 is 1.14 bits per heavy atom. The molecule has 0 unspecified atom stereocenters. The summed E-state index contributed by atoms with van der Waals surface area (Å²) < 4.78 is 6.23. The van der Waals surface area contributed by atoms with Crippen LogP contribution in [0.15, 0.2) is 57.4 Å². The summed E-state index contributed by atoms with van der Waals surface area (Å²) in [6.07, 6.45) is 0. The highest BCUT2D eigenvalue weighted by molar-refractivity contribution is 9.10. The van der Waals surface area contributed by atoms with E-state index in [4.69, 9.17) is 16.0 Å². The fourth-order valence-electron chi connectivity index (χ4n) is 1.82. The van der Waals surface area contributed by atoms with Crippen LogP contribution in [0, 0.1) is 0 Å². The van der Waals surface area contributed by atoms with Gasteiger partial charge >= 0.3 is 6.01 Å². The van der Waals surface area contributed by atoms with Gasteiger partial charge in [0, 0.05) is 10.0 Å². The van der Waals surface area contributed by atoms with Crippen LogP contribution in [0.25, 0.3) is 11.5 Å². The van der Waals surface area contributed by atoms with Gasteiger partial charge in [-0.15, -0.1) is 5.10 Å². The van der Waals surface area contributed by atoms with E-state index in [1.807, 2.05) is 12.1 Å². The number of anilines is 1. The van der Waals surface area contributed by atoms with Crippen molar-refractivity contribution in [3.05, 3.63) is 63.6 Å². The number of nitrogens with zero attached hydrogens (tertiary/aromatic N) is 2. The van der Waals surface area contributed by atoms with E-state index in [0.717, 1.165) is 4.47 Å². The van der Waals surface area contributed by atoms with E-state index in [9.17, 15) is 4.79 Å². The van der Waals surface area contributed by atoms with Gasteiger partial charge in [-0.05, 0) is 30.3 Å². The molecule has 0 atom stereocenters. The van der Waals surface area contributed by atoms with Crippen LogP contribution in [0.4, 0.5) is 6.01 Å². The Bertz CT molecular complexity index is 835. The molecule has 0 fully saturated rings. The Balaban J connectivity index is 1.80. The van der Waals surface area contributed by atoms with Gasteiger partial charge in [0.1, 0.15) is 0 Å². The van der Waals surface area contributed by atoms with Crippen LogP contribution in [0.2, 0.25) is 5.02 Å². The molecule has 2 aromatic carbocycles. The topological polar surface area (TPSA) is 68.0 Å². The first-order chi connectivity index (χ1) is 10.6. The maximum atomic E-state index is 12.1. The summed E-state index contributed by atoms with van der Waals surface area (Å²) in [6, 6.07) is 14.1. The van der Waals surface area contributed by atoms with Crippen LogP contribution in [-0.2, 0) is 0 Å². The van der Waals surface area contributed by atoms with Gasteiger partial charge in [0.05, 0.1) is 10.6 Å². The molecular weight excluding hydrogens is 370 g/mol. The standard InChI is InChI=1S/C15H9BrClN3O2/c16-10-5-3-4-9(8-10)13(21)18-15-20-19-14(22-15)11-6-1-2-7-12(11)17/h1-8H,(H,18,20,21). The molecule has 1 heterocycles. The Hall–Kier alpha value is -2.18. The lowest BCUT2D eigenvalue weighted by Gasteiger charge is -2.01. The lowest BCUT2D eigenvalue weighted by Crippen LogP contribution is -2.11. The molecule has 22 heavy (non-hydrogen) atoms. The summed E-state index contributed by atoms with van der Waals surface area (Å²) in [5, 5.41) is 10.7. The second kappa shape index (κ2) is 6.29. The molecule has 0 radical (unpaired) electrons. The minimum atomic E-state index is -0.337. The summed E-state index contributed by atoms with van der Waals surface area (Å²) in [4.78, 5) is 12.1. The minimum Gasteiger partial charge on any atom is -0.403 e. The molecule has 0 bridgehead atoms. The summed E-state index contributed by atoms with van der Waals surface area (Å²) in [5.41, 5.74) is 1.09. The first-order valence-corrected chi connectivity index (χ1v) is 7.46. The van der Waals surface area contributed by atoms with Crippen molar-refractivity contribution in [2.24, 2.45) is 0 Å². The van der Waals surface area contributed by atoms with E-state index >= 15 is 0 Å². The number of amides is 1. The van der Waals surface area contributed by atoms with Crippen LogP contribution >= 0.6 is 27.5 Å². The average molecular weight is 379 g/mol. The second-order valence-corrected chi connectivity index (χ2v) is 5.68. The van der Waals surface area contributed by atoms with Crippen LogP contribution < -0.4 is 5.32 Å². The largest absolute Gasteiger partial charge is 0.403 e. The molecule has 1 aromatic heterocycles. The van der Waals surface area contributed by atoms with E-state index in [2.05, 4.69) is 31.4 Å². The highest BCUT2D eigenvalue weighted by Crippen LogP contribution is 2.27. The van der Waals surface area contributed by atoms with E-state index in [1.54, 1.807) is 36.4 Å². The lowest BCUT2D eigenvalue weighted by molar-refractivity contribution is 0.102. The Labute approximate surface area is 139 Å². The van der Waals surface area contributed by atoms with Crippen molar-refractivity contribution in [3.8, 4) is 11.5 Å². The third-order valence-corrected chi connectivity index (χ3v) is 3.66. The van der Waals surface area contributed by atoms with Crippen molar-refractivity contribution in [1.29, 1.82) is 0 Å². The highest BCUT2D eigenvalue weighted by Gasteiger charge is 2.14. The number of hydrogen-bond acceptors (Lipinski definition) is 4. The summed E-state index contributed by atoms with van der Waals surface area (Å²) in [6.45, 7) is 0. The van der Waals surface area contributed by atoms with Crippen molar-refractivity contribution in [1.82, 2.24) is 10.2 Å². The predicted octanol–water partition coefficient (Wildman–Crippen LogP) is 4.40. The molecule has 0 saturated heterocycles. The average Bonchev–Trinajstić information content (AvgIpc) is 2.96. The van der Waals surface area contributed by atoms with E-state index in [1.165, 1.54) is 0 Å². The molecule has 1 N–H and O–H groups in total. The zero-order valence-electron chi connectivity index (χ0n) is 11.1. The Morgan fingerprint density at radius 2 is 1.95 bits per heavy atom. The normalized spacial score (nSPS) is 10.5. The quantitative estimate of drug-likeness (QED) is 0.733. The maximum Gasteiger partial charge on any atom is 0.322 e. The fraction of sp³-hybridized carbons (Fsp3) is 0. The van der Waals surface area contributed by atoms with Crippen molar-refractivity contribution in [3.63, 3.8) is 0 Å². The fourth-order valence-corrected chi connectivity index (χ4v) is 2.43. The zero-order chi connectivity index (χ0) is 15.5. The predicted molar refractivity (Wildman–Crippen MR) is 86.8 cm³/mol. The molecule has 0 aliphatic carbocycles. The van der Waals surface area contributed by atoms with E-state index in [0.29, 0.717) is 16.1 Å². The first-order valence-electron chi connectivity index (χ1n) is 6.29. The van der Waals surface area contributed by atoms with Crippen LogP contribution in [0.1, 0.15) is 10.4 Å². The molecule has 0 aliphatic rings. The number of benzene rings is 2. The number of rotatable bonds is 3. The van der Waals surface area contributed by atoms with E-state index in [-0.39, 0.29) is 17.8 Å². The highest BCUT2D eigenvalue weighted by atomic mass is 79.9. The number of carbonyl (C=O) groups excluding carboxylic acids is 1. The third-order valence-electron chi connectivity index (χ3n) is 2.84. The summed E-state index contributed by atoms with van der Waals surface area (Å²) in [5.74, 6) is -0.0919. The number of halogens is 2. The summed E-state index contributed by atoms with van der Waals surface area (Å²) in [7, 11) is 0. The molecule has 5 nitrogen and oxygen atoms in total. The Morgan fingerprint density at radius 3 is 2.73 bits per heavy atom. The van der Waals surface area contributed by atoms with Crippen LogP contribution in [0.3, 0.4) is 0 Å². The van der Waals surface area contributed by atoms with Gasteiger partial charge in [0.15, 0.2) is 0 Å². The molecule has 3 rings (SSSR count). The van der Waals surface area contributed by atoms with Gasteiger partial charge in [-0.25, -0.2) is 0 Å². The van der Waals surface area contributed by atoms with Gasteiger partial charge in [-0.1, -0.05) is 50.8 Å². The zero-order valence-corrected chi connectivity index (χ0v) is 13.4. The number of carbonyl (C=O) groups is 1. The first kappa shape index (κ1) is 14.7. The summed E-state index contributed by atoms with van der Waals surface area (Å²) >= 11 is 9.38. The Kier molecular flexibility index (Phi) is 4.22. The molecule has 0 aliphatic heterocycles. The molecule has 0 spiro atoms. The number of hydrogen-bond donors (Lipinski definition) is 1. The molecule has 1 amide bonds. The SMILES string of the molecule is O=C(Nc1nnc(-c2ccccc2Cl)o1)c1cccc(Br)c1. The molecule has 110 valence electrons. The van der Waals surface area contributed by atoms with Crippen molar-refractivity contribution in [2.45, 2.75) is 0 Å². The number of nitrogens with one attached hydrogen (secondary N) is 1. The smallest absolute Gasteiger partial charge is 0.322 e. The van der Waals surface area contributed by atoms with Gasteiger partial charge < -0.3 is 4.42 Å². The van der Waals surface area contributed by atoms with Crippen molar-refractivity contribution < 1.29 is 9.21 Å². The minimum absolute atomic E-state index is 0.0138. The van der Waals surface area contributed by atoms with E-state index < -0.39 is 0 Å². The van der Waals surface area contributed by atoms with Crippen molar-refractivity contribution >= 4 is 39.5 Å². The van der Waals surface area contributed by atoms with Gasteiger partial charge in [0.25, 0.3) is 11.8 Å². The molecular formula is C15H9BrClN3O2. The van der Waals surface area contributed by atoms with Gasteiger partial charge in [-0.3, -0.25) is 10.1 Å². The molecule has 0 saturated carbocycles. The molecule has 7 heteroatoms. The molecule has 3 aromatic rings. The third kappa shape index (κ3) is 3.18. The second-order valence-electron chi connectivity index (χ2n) is 4.36. The van der Waals surface area contributed by atoms with Crippen LogP contribution in [-0.4, -0.2) is 16.1 Å². The monoisotopic (exact) mass is 377 g/mol. The number of aromatic nitrogens is 2. The maximum absolute atomic E-state index is 12.1. The van der Waals surface area contributed by atoms with Gasteiger partial charge in [0.2, 0.25) is 0 Å².